The van der Waals surface area contributed by atoms with E-state index in [1.807, 2.05) is 0 Å². The molecule has 0 aliphatic rings. The number of carbonyl (C=O) groups is 1. The molecule has 0 atom stereocenters. The number of benzene rings is 1. The highest BCUT2D eigenvalue weighted by Gasteiger charge is 2.33. The fraction of sp³-hybridized carbons (Fsp3) is 0.182. The Balaban J connectivity index is 3.36. The molecule has 0 aromatic heterocycles. The lowest BCUT2D eigenvalue weighted by Crippen LogP contribution is -2.08. The van der Waals surface area contributed by atoms with Gasteiger partial charge in [0.05, 0.1) is 5.56 Å². The van der Waals surface area contributed by atoms with Crippen LogP contribution < -0.4 is 0 Å². The molecule has 1 aromatic carbocycles. The predicted molar refractivity (Wildman–Crippen MR) is 52.7 cm³/mol. The van der Waals surface area contributed by atoms with E-state index in [1.54, 1.807) is 0 Å². The van der Waals surface area contributed by atoms with Crippen molar-refractivity contribution in [3.8, 4) is 0 Å². The molecule has 0 heterocycles. The minimum Gasteiger partial charge on any atom is -0.478 e. The lowest BCUT2D eigenvalue weighted by molar-refractivity contribution is -0.138. The molecule has 0 aliphatic heterocycles. The van der Waals surface area contributed by atoms with Crippen LogP contribution in [0.3, 0.4) is 0 Å². The smallest absolute Gasteiger partial charge is 0.416 e. The van der Waals surface area contributed by atoms with Gasteiger partial charge in [-0.1, -0.05) is 0 Å². The van der Waals surface area contributed by atoms with Crippen molar-refractivity contribution in [2.24, 2.45) is 0 Å². The standard InChI is InChI=1S/C11H8F4O2/c1-6(10(16)17)4-7-5-8(12)2-3-9(7)11(13,14)15/h2-5H,1H3,(H,16,17)/b6-4+. The van der Waals surface area contributed by atoms with Crippen LogP contribution >= 0.6 is 0 Å². The number of hydrogen-bond donors (Lipinski definition) is 1. The fourth-order valence-corrected chi connectivity index (χ4v) is 1.21. The van der Waals surface area contributed by atoms with Crippen LogP contribution in [0.4, 0.5) is 17.6 Å². The Kier molecular flexibility index (Phi) is 3.55. The maximum atomic E-state index is 12.8. The number of alkyl halides is 3. The van der Waals surface area contributed by atoms with Crippen LogP contribution in [-0.4, -0.2) is 11.1 Å². The number of carboxylic acid groups (broad SMARTS) is 1. The Morgan fingerprint density at radius 3 is 2.41 bits per heavy atom. The number of carboxylic acids is 1. The molecule has 6 heteroatoms. The normalized spacial score (nSPS) is 12.6. The SMILES string of the molecule is C/C(=C\c1cc(F)ccc1C(F)(F)F)C(=O)O. The third-order valence-corrected chi connectivity index (χ3v) is 2.03. The van der Waals surface area contributed by atoms with Gasteiger partial charge in [-0.2, -0.15) is 13.2 Å². The number of aliphatic carboxylic acids is 1. The van der Waals surface area contributed by atoms with Gasteiger partial charge in [-0.15, -0.1) is 0 Å². The molecule has 0 fully saturated rings. The van der Waals surface area contributed by atoms with Crippen molar-refractivity contribution in [2.75, 3.05) is 0 Å². The van der Waals surface area contributed by atoms with Crippen LogP contribution in [0.25, 0.3) is 6.08 Å². The van der Waals surface area contributed by atoms with Crippen molar-refractivity contribution in [3.05, 3.63) is 40.7 Å². The largest absolute Gasteiger partial charge is 0.478 e. The first-order valence-corrected chi connectivity index (χ1v) is 4.50. The molecule has 0 bridgehead atoms. The summed E-state index contributed by atoms with van der Waals surface area (Å²) in [5.41, 5.74) is -1.88. The summed E-state index contributed by atoms with van der Waals surface area (Å²) in [7, 11) is 0. The zero-order chi connectivity index (χ0) is 13.2. The van der Waals surface area contributed by atoms with E-state index in [-0.39, 0.29) is 5.57 Å². The molecule has 0 unspecified atom stereocenters. The lowest BCUT2D eigenvalue weighted by atomic mass is 10.0. The molecule has 0 saturated heterocycles. The second-order valence-corrected chi connectivity index (χ2v) is 3.36. The second-order valence-electron chi connectivity index (χ2n) is 3.36. The van der Waals surface area contributed by atoms with Gasteiger partial charge >= 0.3 is 12.1 Å². The third kappa shape index (κ3) is 3.30. The van der Waals surface area contributed by atoms with E-state index < -0.39 is 29.1 Å². The summed E-state index contributed by atoms with van der Waals surface area (Å²) >= 11 is 0. The van der Waals surface area contributed by atoms with Gasteiger partial charge in [0.15, 0.2) is 0 Å². The van der Waals surface area contributed by atoms with Gasteiger partial charge < -0.3 is 5.11 Å². The molecular weight excluding hydrogens is 240 g/mol. The molecule has 1 N–H and O–H groups in total. The highest BCUT2D eigenvalue weighted by atomic mass is 19.4. The summed E-state index contributed by atoms with van der Waals surface area (Å²) < 4.78 is 50.4. The molecule has 2 nitrogen and oxygen atoms in total. The van der Waals surface area contributed by atoms with E-state index in [9.17, 15) is 22.4 Å². The van der Waals surface area contributed by atoms with Crippen molar-refractivity contribution in [3.63, 3.8) is 0 Å². The summed E-state index contributed by atoms with van der Waals surface area (Å²) in [6.07, 6.45) is -3.87. The van der Waals surface area contributed by atoms with E-state index in [1.165, 1.54) is 0 Å². The Morgan fingerprint density at radius 2 is 1.94 bits per heavy atom. The lowest BCUT2D eigenvalue weighted by Gasteiger charge is -2.10. The van der Waals surface area contributed by atoms with E-state index in [4.69, 9.17) is 5.11 Å². The summed E-state index contributed by atoms with van der Waals surface area (Å²) in [4.78, 5) is 10.5. The van der Waals surface area contributed by atoms with Crippen LogP contribution in [0.1, 0.15) is 18.1 Å². The van der Waals surface area contributed by atoms with Gasteiger partial charge in [0.25, 0.3) is 0 Å². The first kappa shape index (κ1) is 13.2. The molecule has 0 spiro atoms. The van der Waals surface area contributed by atoms with Gasteiger partial charge in [0.2, 0.25) is 0 Å². The third-order valence-electron chi connectivity index (χ3n) is 2.03. The molecular formula is C11H8F4O2. The van der Waals surface area contributed by atoms with Crippen LogP contribution in [-0.2, 0) is 11.0 Å². The average Bonchev–Trinajstić information content (AvgIpc) is 2.15. The van der Waals surface area contributed by atoms with Gasteiger partial charge in [-0.3, -0.25) is 0 Å². The topological polar surface area (TPSA) is 37.3 Å². The van der Waals surface area contributed by atoms with E-state index in [0.29, 0.717) is 18.2 Å². The molecule has 1 aromatic rings. The second kappa shape index (κ2) is 4.57. The minimum atomic E-state index is -4.65. The van der Waals surface area contributed by atoms with Gasteiger partial charge in [-0.05, 0) is 36.8 Å². The van der Waals surface area contributed by atoms with Crippen molar-refractivity contribution in [1.82, 2.24) is 0 Å². The Morgan fingerprint density at radius 1 is 1.35 bits per heavy atom. The summed E-state index contributed by atoms with van der Waals surface area (Å²) in [5.74, 6) is -2.22. The molecule has 1 rings (SSSR count). The van der Waals surface area contributed by atoms with Gasteiger partial charge in [-0.25, -0.2) is 9.18 Å². The number of rotatable bonds is 2. The van der Waals surface area contributed by atoms with E-state index in [0.717, 1.165) is 13.0 Å². The predicted octanol–water partition coefficient (Wildman–Crippen LogP) is 3.33. The van der Waals surface area contributed by atoms with Crippen molar-refractivity contribution in [1.29, 1.82) is 0 Å². The summed E-state index contributed by atoms with van der Waals surface area (Å²) in [6, 6.07) is 1.90. The number of hydrogen-bond acceptors (Lipinski definition) is 1. The number of halogens is 4. The van der Waals surface area contributed by atoms with Gasteiger partial charge in [0.1, 0.15) is 5.82 Å². The Labute approximate surface area is 94.2 Å². The first-order chi connectivity index (χ1) is 7.71. The van der Waals surface area contributed by atoms with Gasteiger partial charge in [0, 0.05) is 5.57 Å². The maximum Gasteiger partial charge on any atom is 0.416 e. The van der Waals surface area contributed by atoms with Crippen LogP contribution in [0.5, 0.6) is 0 Å². The minimum absolute atomic E-state index is 0.305. The van der Waals surface area contributed by atoms with Crippen LogP contribution in [0, 0.1) is 5.82 Å². The van der Waals surface area contributed by atoms with Crippen molar-refractivity contribution < 1.29 is 27.5 Å². The average molecular weight is 248 g/mol. The monoisotopic (exact) mass is 248 g/mol. The fourth-order valence-electron chi connectivity index (χ4n) is 1.21. The Bertz CT molecular complexity index is 475. The highest BCUT2D eigenvalue weighted by Crippen LogP contribution is 2.33. The molecule has 0 amide bonds. The Hall–Kier alpha value is -1.85. The molecule has 0 aliphatic carbocycles. The van der Waals surface area contributed by atoms with Crippen molar-refractivity contribution in [2.45, 2.75) is 13.1 Å². The molecule has 0 saturated carbocycles. The van der Waals surface area contributed by atoms with E-state index >= 15 is 0 Å². The quantitative estimate of drug-likeness (QED) is 0.643. The zero-order valence-electron chi connectivity index (χ0n) is 8.68. The van der Waals surface area contributed by atoms with Crippen LogP contribution in [0.15, 0.2) is 23.8 Å². The van der Waals surface area contributed by atoms with E-state index in [2.05, 4.69) is 0 Å². The first-order valence-electron chi connectivity index (χ1n) is 4.50. The highest BCUT2D eigenvalue weighted by molar-refractivity contribution is 5.91. The summed E-state index contributed by atoms with van der Waals surface area (Å²) in [6.45, 7) is 1.13. The maximum absolute atomic E-state index is 12.8. The van der Waals surface area contributed by atoms with Crippen molar-refractivity contribution >= 4 is 12.0 Å². The molecule has 0 radical (unpaired) electrons. The zero-order valence-corrected chi connectivity index (χ0v) is 8.68. The molecule has 17 heavy (non-hydrogen) atoms. The summed E-state index contributed by atoms with van der Waals surface area (Å²) in [5, 5.41) is 8.56. The van der Waals surface area contributed by atoms with Crippen LogP contribution in [0.2, 0.25) is 0 Å². The molecule has 92 valence electrons.